The molecule has 1 aromatic rings. The van der Waals surface area contributed by atoms with Crippen molar-refractivity contribution in [2.45, 2.75) is 24.3 Å². The average Bonchev–Trinajstić information content (AvgIpc) is 2.29. The highest BCUT2D eigenvalue weighted by Gasteiger charge is 2.44. The van der Waals surface area contributed by atoms with E-state index in [0.717, 1.165) is 5.56 Å². The molecule has 17 heavy (non-hydrogen) atoms. The number of carbonyl (C=O) groups is 1. The Bertz CT molecular complexity index is 387. The van der Waals surface area contributed by atoms with Crippen LogP contribution in [0.1, 0.15) is 24.2 Å². The summed E-state index contributed by atoms with van der Waals surface area (Å²) in [6.45, 7) is 3.71. The number of alkyl halides is 2. The summed E-state index contributed by atoms with van der Waals surface area (Å²) in [4.78, 5) is 11.5. The van der Waals surface area contributed by atoms with Gasteiger partial charge in [0.1, 0.15) is 6.10 Å². The Kier molecular flexibility index (Phi) is 4.80. The van der Waals surface area contributed by atoms with Crippen LogP contribution in [0.15, 0.2) is 24.3 Å². The molecule has 0 heterocycles. The summed E-state index contributed by atoms with van der Waals surface area (Å²) < 4.78 is 2.72. The zero-order valence-electron chi connectivity index (χ0n) is 9.61. The van der Waals surface area contributed by atoms with Crippen molar-refractivity contribution < 1.29 is 14.6 Å². The first-order valence-electron chi connectivity index (χ1n) is 5.19. The maximum Gasteiger partial charge on any atom is 0.345 e. The molecule has 3 nitrogen and oxygen atoms in total. The van der Waals surface area contributed by atoms with E-state index >= 15 is 0 Å². The first-order valence-corrected chi connectivity index (χ1v) is 5.94. The van der Waals surface area contributed by atoms with Crippen molar-refractivity contribution in [2.24, 2.45) is 0 Å². The molecule has 0 bridgehead atoms. The SMILES string of the molecule is CCOC(=O)C(Cl)(Cl)C(O)c1ccc(C)cc1. The minimum absolute atomic E-state index is 0.153. The molecule has 0 amide bonds. The number of esters is 1. The Labute approximate surface area is 110 Å². The predicted octanol–water partition coefficient (Wildman–Crippen LogP) is 2.77. The second-order valence-corrected chi connectivity index (χ2v) is 5.04. The lowest BCUT2D eigenvalue weighted by molar-refractivity contribution is -0.146. The minimum Gasteiger partial charge on any atom is -0.464 e. The van der Waals surface area contributed by atoms with Gasteiger partial charge in [-0.2, -0.15) is 0 Å². The number of aliphatic hydroxyl groups is 1. The van der Waals surface area contributed by atoms with Gasteiger partial charge in [-0.1, -0.05) is 53.0 Å². The van der Waals surface area contributed by atoms with Crippen LogP contribution in [0.4, 0.5) is 0 Å². The van der Waals surface area contributed by atoms with Gasteiger partial charge in [-0.05, 0) is 19.4 Å². The molecule has 1 N–H and O–H groups in total. The molecule has 0 aliphatic rings. The third-order valence-electron chi connectivity index (χ3n) is 2.28. The lowest BCUT2D eigenvalue weighted by Crippen LogP contribution is -2.35. The van der Waals surface area contributed by atoms with E-state index in [9.17, 15) is 9.90 Å². The van der Waals surface area contributed by atoms with Gasteiger partial charge in [-0.3, -0.25) is 0 Å². The van der Waals surface area contributed by atoms with Crippen molar-refractivity contribution in [2.75, 3.05) is 6.61 Å². The fourth-order valence-electron chi connectivity index (χ4n) is 1.30. The van der Waals surface area contributed by atoms with Crippen molar-refractivity contribution in [1.29, 1.82) is 0 Å². The smallest absolute Gasteiger partial charge is 0.345 e. The van der Waals surface area contributed by atoms with Crippen molar-refractivity contribution in [1.82, 2.24) is 0 Å². The number of ether oxygens (including phenoxy) is 1. The maximum absolute atomic E-state index is 11.5. The minimum atomic E-state index is -1.99. The predicted molar refractivity (Wildman–Crippen MR) is 67.2 cm³/mol. The van der Waals surface area contributed by atoms with Gasteiger partial charge in [-0.25, -0.2) is 4.79 Å². The van der Waals surface area contributed by atoms with E-state index < -0.39 is 16.4 Å². The highest BCUT2D eigenvalue weighted by atomic mass is 35.5. The maximum atomic E-state index is 11.5. The second kappa shape index (κ2) is 5.71. The van der Waals surface area contributed by atoms with E-state index in [0.29, 0.717) is 5.56 Å². The summed E-state index contributed by atoms with van der Waals surface area (Å²) >= 11 is 11.7. The summed E-state index contributed by atoms with van der Waals surface area (Å²) in [7, 11) is 0. The normalized spacial score (nSPS) is 13.2. The van der Waals surface area contributed by atoms with E-state index in [-0.39, 0.29) is 6.61 Å². The average molecular weight is 277 g/mol. The molecule has 1 rings (SSSR count). The van der Waals surface area contributed by atoms with Gasteiger partial charge < -0.3 is 9.84 Å². The van der Waals surface area contributed by atoms with E-state index in [1.165, 1.54) is 0 Å². The van der Waals surface area contributed by atoms with E-state index in [1.54, 1.807) is 31.2 Å². The van der Waals surface area contributed by atoms with Crippen LogP contribution in [0, 0.1) is 6.92 Å². The van der Waals surface area contributed by atoms with Gasteiger partial charge in [0.15, 0.2) is 0 Å². The molecule has 0 saturated heterocycles. The lowest BCUT2D eigenvalue weighted by atomic mass is 10.0. The van der Waals surface area contributed by atoms with Crippen LogP contribution in [0.2, 0.25) is 0 Å². The third kappa shape index (κ3) is 3.35. The third-order valence-corrected chi connectivity index (χ3v) is 3.01. The van der Waals surface area contributed by atoms with E-state index in [2.05, 4.69) is 0 Å². The number of aryl methyl sites for hydroxylation is 1. The largest absolute Gasteiger partial charge is 0.464 e. The summed E-state index contributed by atoms with van der Waals surface area (Å²) in [5.41, 5.74) is 1.50. The molecule has 0 fully saturated rings. The number of halogens is 2. The molecule has 0 spiro atoms. The molecule has 0 aliphatic carbocycles. The van der Waals surface area contributed by atoms with Crippen LogP contribution in [0.5, 0.6) is 0 Å². The molecule has 0 aliphatic heterocycles. The van der Waals surface area contributed by atoms with Gasteiger partial charge in [0, 0.05) is 0 Å². The first-order chi connectivity index (χ1) is 7.89. The molecule has 94 valence electrons. The fraction of sp³-hybridized carbons (Fsp3) is 0.417. The summed E-state index contributed by atoms with van der Waals surface area (Å²) in [6.07, 6.45) is -1.33. The van der Waals surface area contributed by atoms with E-state index in [1.807, 2.05) is 6.92 Å². The van der Waals surface area contributed by atoms with Crippen molar-refractivity contribution in [3.05, 3.63) is 35.4 Å². The van der Waals surface area contributed by atoms with Crippen LogP contribution in [0.3, 0.4) is 0 Å². The van der Waals surface area contributed by atoms with E-state index in [4.69, 9.17) is 27.9 Å². The Balaban J connectivity index is 2.91. The van der Waals surface area contributed by atoms with Crippen LogP contribution >= 0.6 is 23.2 Å². The Morgan fingerprint density at radius 3 is 2.41 bits per heavy atom. The number of hydrogen-bond donors (Lipinski definition) is 1. The molecular formula is C12H14Cl2O3. The first kappa shape index (κ1) is 14.3. The fourth-order valence-corrected chi connectivity index (χ4v) is 1.66. The zero-order valence-corrected chi connectivity index (χ0v) is 11.1. The van der Waals surface area contributed by atoms with Gasteiger partial charge in [0.05, 0.1) is 6.61 Å². The summed E-state index contributed by atoms with van der Waals surface area (Å²) in [5, 5.41) is 9.97. The number of rotatable bonds is 4. The number of benzene rings is 1. The molecule has 5 heteroatoms. The van der Waals surface area contributed by atoms with Crippen LogP contribution in [0.25, 0.3) is 0 Å². The lowest BCUT2D eigenvalue weighted by Gasteiger charge is -2.23. The van der Waals surface area contributed by atoms with Gasteiger partial charge in [-0.15, -0.1) is 0 Å². The summed E-state index contributed by atoms with van der Waals surface area (Å²) in [6, 6.07) is 6.93. The van der Waals surface area contributed by atoms with Gasteiger partial charge >= 0.3 is 5.97 Å². The van der Waals surface area contributed by atoms with Crippen LogP contribution in [-0.2, 0) is 9.53 Å². The standard InChI is InChI=1S/C12H14Cl2O3/c1-3-17-11(16)12(13,14)10(15)9-6-4-8(2)5-7-9/h4-7,10,15H,3H2,1-2H3. The number of carbonyl (C=O) groups excluding carboxylic acids is 1. The van der Waals surface area contributed by atoms with Crippen LogP contribution in [-0.4, -0.2) is 22.0 Å². The number of hydrogen-bond acceptors (Lipinski definition) is 3. The highest BCUT2D eigenvalue weighted by molar-refractivity contribution is 6.58. The highest BCUT2D eigenvalue weighted by Crippen LogP contribution is 2.37. The monoisotopic (exact) mass is 276 g/mol. The topological polar surface area (TPSA) is 46.5 Å². The van der Waals surface area contributed by atoms with Crippen LogP contribution < -0.4 is 0 Å². The van der Waals surface area contributed by atoms with Crippen molar-refractivity contribution in [3.8, 4) is 0 Å². The molecule has 0 saturated carbocycles. The molecule has 0 radical (unpaired) electrons. The Hall–Kier alpha value is -0.770. The Morgan fingerprint density at radius 1 is 1.41 bits per heavy atom. The van der Waals surface area contributed by atoms with Crippen molar-refractivity contribution >= 4 is 29.2 Å². The molecule has 0 aromatic heterocycles. The number of aliphatic hydroxyl groups excluding tert-OH is 1. The second-order valence-electron chi connectivity index (χ2n) is 3.66. The molecule has 1 aromatic carbocycles. The molecule has 1 unspecified atom stereocenters. The Morgan fingerprint density at radius 2 is 1.94 bits per heavy atom. The quantitative estimate of drug-likeness (QED) is 0.680. The molecule has 1 atom stereocenters. The van der Waals surface area contributed by atoms with Gasteiger partial charge in [0.25, 0.3) is 0 Å². The zero-order chi connectivity index (χ0) is 13.1. The summed E-state index contributed by atoms with van der Waals surface area (Å²) in [5.74, 6) is -0.851. The van der Waals surface area contributed by atoms with Crippen molar-refractivity contribution in [3.63, 3.8) is 0 Å². The van der Waals surface area contributed by atoms with Gasteiger partial charge in [0.2, 0.25) is 4.33 Å². The molecular weight excluding hydrogens is 263 g/mol.